The third kappa shape index (κ3) is 5.92. The molecule has 1 unspecified atom stereocenters. The predicted molar refractivity (Wildman–Crippen MR) is 76.8 cm³/mol. The molecule has 1 aromatic rings. The van der Waals surface area contributed by atoms with Gasteiger partial charge in [-0.3, -0.25) is 0 Å². The van der Waals surface area contributed by atoms with Crippen molar-refractivity contribution in [3.63, 3.8) is 0 Å². The first-order valence-corrected chi connectivity index (χ1v) is 14.4. The van der Waals surface area contributed by atoms with E-state index in [9.17, 15) is 0 Å². The fraction of sp³-hybridized carbons (Fsp3) is 0.538. The molecule has 0 aliphatic carbocycles. The monoisotopic (exact) mass is 330 g/mol. The van der Waals surface area contributed by atoms with Crippen molar-refractivity contribution in [2.75, 3.05) is 6.16 Å². The van der Waals surface area contributed by atoms with Crippen molar-refractivity contribution in [1.29, 1.82) is 0 Å². The molecule has 2 heteroatoms. The summed E-state index contributed by atoms with van der Waals surface area (Å²) in [7, 11) is 1.04. The molecular weight excluding hydrogens is 306 g/mol. The van der Waals surface area contributed by atoms with Gasteiger partial charge >= 0.3 is 104 Å². The van der Waals surface area contributed by atoms with Gasteiger partial charge in [0.05, 0.1) is 0 Å². The third-order valence-corrected chi connectivity index (χ3v) is 14.5. The zero-order valence-electron chi connectivity index (χ0n) is 10.00. The Morgan fingerprint density at radius 3 is 2.33 bits per heavy atom. The van der Waals surface area contributed by atoms with Gasteiger partial charge in [-0.1, -0.05) is 0 Å². The van der Waals surface area contributed by atoms with E-state index >= 15 is 0 Å². The van der Waals surface area contributed by atoms with Crippen molar-refractivity contribution >= 4 is 33.6 Å². The van der Waals surface area contributed by atoms with Crippen LogP contribution in [-0.4, -0.2) is 25.9 Å². The van der Waals surface area contributed by atoms with Crippen molar-refractivity contribution in [1.82, 2.24) is 0 Å². The third-order valence-electron chi connectivity index (χ3n) is 3.05. The van der Waals surface area contributed by atoms with E-state index in [1.807, 2.05) is 0 Å². The maximum atomic E-state index is 2.41. The second kappa shape index (κ2) is 8.58. The van der Waals surface area contributed by atoms with Crippen LogP contribution in [0, 0.1) is 0 Å². The summed E-state index contributed by atoms with van der Waals surface area (Å²) in [4.78, 5) is 0. The number of benzene rings is 1. The summed E-state index contributed by atoms with van der Waals surface area (Å²) < 4.78 is 4.76. The molecule has 0 aliphatic heterocycles. The van der Waals surface area contributed by atoms with E-state index in [1.54, 1.807) is 13.3 Å². The molecule has 0 spiro atoms. The van der Waals surface area contributed by atoms with Crippen LogP contribution in [0.1, 0.15) is 20.3 Å². The van der Waals surface area contributed by atoms with Gasteiger partial charge in [-0.15, -0.1) is 0 Å². The van der Waals surface area contributed by atoms with E-state index in [2.05, 4.69) is 44.2 Å². The molecule has 1 atom stereocenters. The van der Waals surface area contributed by atoms with Crippen molar-refractivity contribution in [2.45, 2.75) is 33.6 Å². The Labute approximate surface area is 103 Å². The van der Waals surface area contributed by atoms with Crippen LogP contribution in [0.4, 0.5) is 0 Å². The molecular formula is C13H23PSn. The Morgan fingerprint density at radius 2 is 1.73 bits per heavy atom. The van der Waals surface area contributed by atoms with Crippen molar-refractivity contribution in [3.8, 4) is 0 Å². The summed E-state index contributed by atoms with van der Waals surface area (Å²) in [5, 5.41) is 1.54. The summed E-state index contributed by atoms with van der Waals surface area (Å²) in [5.41, 5.74) is 0. The van der Waals surface area contributed by atoms with Crippen LogP contribution in [0.5, 0.6) is 0 Å². The van der Waals surface area contributed by atoms with Gasteiger partial charge in [-0.05, 0) is 0 Å². The average Bonchev–Trinajstić information content (AvgIpc) is 2.31. The van der Waals surface area contributed by atoms with Gasteiger partial charge in [0.25, 0.3) is 0 Å². The number of hydrogen-bond donors (Lipinski definition) is 0. The Kier molecular flexibility index (Phi) is 7.73. The van der Waals surface area contributed by atoms with Crippen LogP contribution in [0.15, 0.2) is 30.3 Å². The molecule has 0 fully saturated rings. The first kappa shape index (κ1) is 13.5. The van der Waals surface area contributed by atoms with E-state index in [1.165, 1.54) is 17.9 Å². The Morgan fingerprint density at radius 1 is 1.07 bits per heavy atom. The summed E-state index contributed by atoms with van der Waals surface area (Å²) in [6.45, 7) is 4.81. The molecule has 1 aromatic carbocycles. The average molecular weight is 329 g/mol. The number of hydrogen-bond acceptors (Lipinski definition) is 0. The molecule has 0 N–H and O–H groups in total. The predicted octanol–water partition coefficient (Wildman–Crippen LogP) is 3.65. The van der Waals surface area contributed by atoms with Crippen LogP contribution in [0.2, 0.25) is 13.3 Å². The summed E-state index contributed by atoms with van der Waals surface area (Å²) in [6, 6.07) is 10.9. The molecule has 0 amide bonds. The summed E-state index contributed by atoms with van der Waals surface area (Å²) in [6.07, 6.45) is 2.92. The van der Waals surface area contributed by atoms with Crippen molar-refractivity contribution < 1.29 is 0 Å². The molecule has 0 heterocycles. The molecule has 1 rings (SSSR count). The molecule has 0 saturated heterocycles. The zero-order valence-corrected chi connectivity index (χ0v) is 14.3. The summed E-state index contributed by atoms with van der Waals surface area (Å²) >= 11 is -0.967. The molecule has 0 radical (unpaired) electrons. The van der Waals surface area contributed by atoms with Crippen molar-refractivity contribution in [2.24, 2.45) is 0 Å². The topological polar surface area (TPSA) is 0 Å². The normalized spacial score (nSPS) is 11.7. The van der Waals surface area contributed by atoms with Gasteiger partial charge < -0.3 is 0 Å². The molecule has 0 nitrogen and oxygen atoms in total. The summed E-state index contributed by atoms with van der Waals surface area (Å²) in [5.74, 6) is 0. The Bertz CT molecular complexity index is 244. The molecule has 0 saturated carbocycles. The van der Waals surface area contributed by atoms with Crippen LogP contribution in [-0.2, 0) is 0 Å². The van der Waals surface area contributed by atoms with E-state index in [4.69, 9.17) is 0 Å². The van der Waals surface area contributed by atoms with Crippen LogP contribution >= 0.6 is 8.58 Å². The first-order valence-electron chi connectivity index (χ1n) is 6.15. The Balaban J connectivity index is 2.12. The second-order valence-corrected chi connectivity index (χ2v) is 16.8. The van der Waals surface area contributed by atoms with E-state index in [0.29, 0.717) is 0 Å². The Hall–Kier alpha value is 0.449. The van der Waals surface area contributed by atoms with Crippen LogP contribution < -0.4 is 5.30 Å². The molecule has 0 aliphatic rings. The molecule has 84 valence electrons. The quantitative estimate of drug-likeness (QED) is 0.407. The molecule has 0 bridgehead atoms. The second-order valence-electron chi connectivity index (χ2n) is 4.12. The van der Waals surface area contributed by atoms with Crippen LogP contribution in [0.25, 0.3) is 0 Å². The van der Waals surface area contributed by atoms with Gasteiger partial charge in [-0.2, -0.15) is 0 Å². The minimum atomic E-state index is -0.967. The van der Waals surface area contributed by atoms with Gasteiger partial charge in [0.15, 0.2) is 0 Å². The van der Waals surface area contributed by atoms with Crippen molar-refractivity contribution in [3.05, 3.63) is 30.3 Å². The van der Waals surface area contributed by atoms with Gasteiger partial charge in [0, 0.05) is 0 Å². The van der Waals surface area contributed by atoms with Gasteiger partial charge in [0.1, 0.15) is 0 Å². The van der Waals surface area contributed by atoms with E-state index < -0.39 is 19.8 Å². The maximum absolute atomic E-state index is 2.41. The standard InChI is InChI=1S/C9H12P.2C2H5.Sn.H/c1-2-8-10-9-6-4-3-5-7-9;2*1-2;;/h3-7,10H,1-2,8H2;2*1H2,2H3;;. The van der Waals surface area contributed by atoms with Gasteiger partial charge in [-0.25, -0.2) is 0 Å². The van der Waals surface area contributed by atoms with Gasteiger partial charge in [0.2, 0.25) is 0 Å². The molecule has 15 heavy (non-hydrogen) atoms. The SMILES string of the molecule is C[CH2][SnH]([CH2]C)[CH2]CCPc1ccccc1. The fourth-order valence-electron chi connectivity index (χ4n) is 1.88. The van der Waals surface area contributed by atoms with E-state index in [0.717, 1.165) is 8.58 Å². The van der Waals surface area contributed by atoms with Crippen LogP contribution in [0.3, 0.4) is 0 Å². The zero-order chi connectivity index (χ0) is 10.9. The van der Waals surface area contributed by atoms with E-state index in [-0.39, 0.29) is 0 Å². The first-order chi connectivity index (χ1) is 7.36. The molecule has 0 aromatic heterocycles. The minimum absolute atomic E-state index is 0.967. The number of rotatable bonds is 7. The fourth-order valence-corrected chi connectivity index (χ4v) is 10.3.